The van der Waals surface area contributed by atoms with Crippen molar-refractivity contribution in [2.45, 2.75) is 6.54 Å². The maximum Gasteiger partial charge on any atom is 0.257 e. The van der Waals surface area contributed by atoms with Gasteiger partial charge < -0.3 is 14.6 Å². The third-order valence-corrected chi connectivity index (χ3v) is 4.08. The number of nitrogens with one attached hydrogen (secondary N) is 1. The molecule has 0 radical (unpaired) electrons. The van der Waals surface area contributed by atoms with Crippen LogP contribution < -0.4 is 15.6 Å². The lowest BCUT2D eigenvalue weighted by molar-refractivity contribution is 0.102. The standard InChI is InChI=1S/C20H17ClN2O3/c1-26-18-8-5-14(6-9-18)12-23-13-15(7-10-19(23)24)20(25)22-17-4-2-3-16(21)11-17/h2-11,13H,12H2,1H3,(H,22,25). The second-order valence-electron chi connectivity index (χ2n) is 5.70. The van der Waals surface area contributed by atoms with Crippen LogP contribution in [-0.4, -0.2) is 17.6 Å². The van der Waals surface area contributed by atoms with Crippen LogP contribution in [0.25, 0.3) is 0 Å². The van der Waals surface area contributed by atoms with Crippen LogP contribution in [0.5, 0.6) is 5.75 Å². The fourth-order valence-corrected chi connectivity index (χ4v) is 2.68. The van der Waals surface area contributed by atoms with Crippen LogP contribution in [0.2, 0.25) is 5.02 Å². The summed E-state index contributed by atoms with van der Waals surface area (Å²) in [6, 6.07) is 17.2. The Morgan fingerprint density at radius 3 is 2.58 bits per heavy atom. The molecule has 1 amide bonds. The molecule has 3 rings (SSSR count). The summed E-state index contributed by atoms with van der Waals surface area (Å²) in [5.41, 5.74) is 1.73. The van der Waals surface area contributed by atoms with E-state index in [1.54, 1.807) is 37.6 Å². The van der Waals surface area contributed by atoms with Gasteiger partial charge in [-0.2, -0.15) is 0 Å². The van der Waals surface area contributed by atoms with E-state index >= 15 is 0 Å². The number of halogens is 1. The molecule has 0 bridgehead atoms. The number of amides is 1. The number of methoxy groups -OCH3 is 1. The zero-order valence-electron chi connectivity index (χ0n) is 14.1. The van der Waals surface area contributed by atoms with E-state index in [0.717, 1.165) is 11.3 Å². The topological polar surface area (TPSA) is 60.3 Å². The molecule has 0 saturated carbocycles. The number of pyridine rings is 1. The summed E-state index contributed by atoms with van der Waals surface area (Å²) in [5.74, 6) is 0.437. The monoisotopic (exact) mass is 368 g/mol. The summed E-state index contributed by atoms with van der Waals surface area (Å²) >= 11 is 5.93. The first-order valence-electron chi connectivity index (χ1n) is 7.95. The van der Waals surface area contributed by atoms with Crippen molar-refractivity contribution >= 4 is 23.2 Å². The Bertz CT molecular complexity index is 981. The van der Waals surface area contributed by atoms with Gasteiger partial charge >= 0.3 is 0 Å². The summed E-state index contributed by atoms with van der Waals surface area (Å²) < 4.78 is 6.62. The molecule has 0 aliphatic rings. The summed E-state index contributed by atoms with van der Waals surface area (Å²) in [7, 11) is 1.60. The van der Waals surface area contributed by atoms with Crippen LogP contribution >= 0.6 is 11.6 Å². The molecular weight excluding hydrogens is 352 g/mol. The van der Waals surface area contributed by atoms with Gasteiger partial charge in [0.2, 0.25) is 0 Å². The van der Waals surface area contributed by atoms with Crippen LogP contribution in [0, 0.1) is 0 Å². The molecule has 0 spiro atoms. The molecule has 1 aromatic heterocycles. The molecule has 1 N–H and O–H groups in total. The van der Waals surface area contributed by atoms with E-state index in [9.17, 15) is 9.59 Å². The zero-order valence-corrected chi connectivity index (χ0v) is 14.9. The highest BCUT2D eigenvalue weighted by Crippen LogP contribution is 2.16. The third-order valence-electron chi connectivity index (χ3n) is 3.84. The quantitative estimate of drug-likeness (QED) is 0.745. The molecular formula is C20H17ClN2O3. The molecule has 132 valence electrons. The number of aromatic nitrogens is 1. The van der Waals surface area contributed by atoms with Crippen molar-refractivity contribution in [1.29, 1.82) is 0 Å². The zero-order chi connectivity index (χ0) is 18.5. The van der Waals surface area contributed by atoms with Crippen molar-refractivity contribution in [3.63, 3.8) is 0 Å². The van der Waals surface area contributed by atoms with E-state index in [4.69, 9.17) is 16.3 Å². The molecule has 6 heteroatoms. The number of anilines is 1. The fourth-order valence-electron chi connectivity index (χ4n) is 2.49. The highest BCUT2D eigenvalue weighted by molar-refractivity contribution is 6.30. The molecule has 1 heterocycles. The minimum atomic E-state index is -0.309. The maximum atomic E-state index is 12.4. The fraction of sp³-hybridized carbons (Fsp3) is 0.100. The van der Waals surface area contributed by atoms with Gasteiger partial charge in [-0.3, -0.25) is 9.59 Å². The molecule has 5 nitrogen and oxygen atoms in total. The first-order valence-corrected chi connectivity index (χ1v) is 8.33. The van der Waals surface area contributed by atoms with Crippen molar-refractivity contribution in [3.8, 4) is 5.75 Å². The molecule has 0 unspecified atom stereocenters. The number of hydrogen-bond acceptors (Lipinski definition) is 3. The summed E-state index contributed by atoms with van der Waals surface area (Å²) in [4.78, 5) is 24.6. The normalized spacial score (nSPS) is 10.4. The van der Waals surface area contributed by atoms with Crippen molar-refractivity contribution in [3.05, 3.63) is 93.4 Å². The largest absolute Gasteiger partial charge is 0.497 e. The van der Waals surface area contributed by atoms with Crippen molar-refractivity contribution < 1.29 is 9.53 Å². The number of carbonyl (C=O) groups is 1. The molecule has 3 aromatic rings. The van der Waals surface area contributed by atoms with Crippen molar-refractivity contribution in [2.24, 2.45) is 0 Å². The van der Waals surface area contributed by atoms with E-state index < -0.39 is 0 Å². The number of benzene rings is 2. The predicted octanol–water partition coefficient (Wildman–Crippen LogP) is 3.81. The first kappa shape index (κ1) is 17.8. The number of ether oxygens (including phenoxy) is 1. The molecule has 2 aromatic carbocycles. The number of nitrogens with zero attached hydrogens (tertiary/aromatic N) is 1. The maximum absolute atomic E-state index is 12.4. The Balaban J connectivity index is 1.80. The molecule has 0 fully saturated rings. The molecule has 0 atom stereocenters. The summed E-state index contributed by atoms with van der Waals surface area (Å²) in [6.07, 6.45) is 1.55. The SMILES string of the molecule is COc1ccc(Cn2cc(C(=O)Nc3cccc(Cl)c3)ccc2=O)cc1. The Morgan fingerprint density at radius 2 is 1.88 bits per heavy atom. The van der Waals surface area contributed by atoms with E-state index in [0.29, 0.717) is 22.8 Å². The average molecular weight is 369 g/mol. The average Bonchev–Trinajstić information content (AvgIpc) is 2.64. The Labute approximate surface area is 155 Å². The van der Waals surface area contributed by atoms with Gasteiger partial charge in [0.1, 0.15) is 5.75 Å². The van der Waals surface area contributed by atoms with E-state index in [1.807, 2.05) is 24.3 Å². The highest BCUT2D eigenvalue weighted by Gasteiger charge is 2.09. The van der Waals surface area contributed by atoms with E-state index in [2.05, 4.69) is 5.32 Å². The summed E-state index contributed by atoms with van der Waals surface area (Å²) in [6.45, 7) is 0.362. The minimum absolute atomic E-state index is 0.180. The smallest absolute Gasteiger partial charge is 0.257 e. The van der Waals surface area contributed by atoms with Crippen LogP contribution in [-0.2, 0) is 6.54 Å². The lowest BCUT2D eigenvalue weighted by Crippen LogP contribution is -2.22. The van der Waals surface area contributed by atoms with Crippen molar-refractivity contribution in [1.82, 2.24) is 4.57 Å². The lowest BCUT2D eigenvalue weighted by Gasteiger charge is -2.10. The number of rotatable bonds is 5. The van der Waals surface area contributed by atoms with Crippen LogP contribution in [0.1, 0.15) is 15.9 Å². The van der Waals surface area contributed by atoms with Gasteiger partial charge in [0.05, 0.1) is 19.2 Å². The van der Waals surface area contributed by atoms with Crippen LogP contribution in [0.4, 0.5) is 5.69 Å². The van der Waals surface area contributed by atoms with Gasteiger partial charge in [-0.1, -0.05) is 29.8 Å². The Morgan fingerprint density at radius 1 is 1.12 bits per heavy atom. The second-order valence-corrected chi connectivity index (χ2v) is 6.13. The third kappa shape index (κ3) is 4.32. The molecule has 0 aliphatic heterocycles. The Hall–Kier alpha value is -3.05. The van der Waals surface area contributed by atoms with E-state index in [1.165, 1.54) is 16.7 Å². The predicted molar refractivity (Wildman–Crippen MR) is 102 cm³/mol. The second kappa shape index (κ2) is 7.89. The van der Waals surface area contributed by atoms with Gasteiger partial charge in [0.15, 0.2) is 0 Å². The molecule has 0 saturated heterocycles. The lowest BCUT2D eigenvalue weighted by atomic mass is 10.2. The number of carbonyl (C=O) groups excluding carboxylic acids is 1. The highest BCUT2D eigenvalue weighted by atomic mass is 35.5. The van der Waals surface area contributed by atoms with Gasteiger partial charge in [-0.05, 0) is 42.0 Å². The van der Waals surface area contributed by atoms with Gasteiger partial charge in [0.25, 0.3) is 11.5 Å². The van der Waals surface area contributed by atoms with Gasteiger partial charge in [-0.15, -0.1) is 0 Å². The minimum Gasteiger partial charge on any atom is -0.497 e. The number of hydrogen-bond donors (Lipinski definition) is 1. The van der Waals surface area contributed by atoms with Gasteiger partial charge in [0, 0.05) is 23.0 Å². The summed E-state index contributed by atoms with van der Waals surface area (Å²) in [5, 5.41) is 3.30. The van der Waals surface area contributed by atoms with E-state index in [-0.39, 0.29) is 11.5 Å². The van der Waals surface area contributed by atoms with Gasteiger partial charge in [-0.25, -0.2) is 0 Å². The first-order chi connectivity index (χ1) is 12.5. The van der Waals surface area contributed by atoms with Crippen LogP contribution in [0.15, 0.2) is 71.7 Å². The Kier molecular flexibility index (Phi) is 5.39. The van der Waals surface area contributed by atoms with Crippen LogP contribution in [0.3, 0.4) is 0 Å². The molecule has 0 aliphatic carbocycles. The van der Waals surface area contributed by atoms with Crippen molar-refractivity contribution in [2.75, 3.05) is 12.4 Å². The molecule has 26 heavy (non-hydrogen) atoms.